The molecule has 3 aromatic rings. The number of hydrogen-bond acceptors (Lipinski definition) is 4. The first kappa shape index (κ1) is 20.1. The summed E-state index contributed by atoms with van der Waals surface area (Å²) in [6, 6.07) is 12.5. The highest BCUT2D eigenvalue weighted by molar-refractivity contribution is 9.10. The van der Waals surface area contributed by atoms with Gasteiger partial charge in [-0.15, -0.1) is 6.42 Å². The van der Waals surface area contributed by atoms with Crippen molar-refractivity contribution in [1.82, 2.24) is 9.29 Å². The summed E-state index contributed by atoms with van der Waals surface area (Å²) >= 11 is 3.49. The van der Waals surface area contributed by atoms with E-state index in [1.165, 1.54) is 16.4 Å². The van der Waals surface area contributed by atoms with E-state index in [2.05, 4.69) is 26.8 Å². The molecular formula is C19H16BrN3O4S. The van der Waals surface area contributed by atoms with Gasteiger partial charge >= 0.3 is 0 Å². The minimum atomic E-state index is -3.88. The molecule has 0 aliphatic heterocycles. The van der Waals surface area contributed by atoms with Crippen LogP contribution in [0.3, 0.4) is 0 Å². The molecule has 0 saturated heterocycles. The molecule has 0 saturated carbocycles. The van der Waals surface area contributed by atoms with E-state index in [9.17, 15) is 18.5 Å². The van der Waals surface area contributed by atoms with Crippen LogP contribution in [0.15, 0.2) is 58.0 Å². The number of sulfonamides is 1. The number of H-pyrrole nitrogens is 1. The molecule has 0 spiro atoms. The molecule has 144 valence electrons. The lowest BCUT2D eigenvalue weighted by molar-refractivity contribution is -0.384. The standard InChI is InChI=1S/C19H16BrN3O4S/c1-2-12-22(28(26,27)15-9-7-14(8-10-15)23(24)25)13-11-17-16-5-3-4-6-18(16)21-19(17)20/h1,3-10,21H,11-13H2. The Bertz CT molecular complexity index is 1160. The van der Waals surface area contributed by atoms with E-state index in [1.54, 1.807) is 0 Å². The Morgan fingerprint density at radius 1 is 1.18 bits per heavy atom. The van der Waals surface area contributed by atoms with E-state index in [-0.39, 0.29) is 23.7 Å². The van der Waals surface area contributed by atoms with Crippen molar-refractivity contribution in [2.75, 3.05) is 13.1 Å². The largest absolute Gasteiger partial charge is 0.349 e. The number of benzene rings is 2. The van der Waals surface area contributed by atoms with Gasteiger partial charge in [0.25, 0.3) is 5.69 Å². The van der Waals surface area contributed by atoms with Crippen LogP contribution in [-0.2, 0) is 16.4 Å². The number of fused-ring (bicyclic) bond motifs is 1. The monoisotopic (exact) mass is 461 g/mol. The number of aromatic amines is 1. The van der Waals surface area contributed by atoms with E-state index in [0.717, 1.165) is 33.2 Å². The first-order valence-electron chi connectivity index (χ1n) is 8.27. The van der Waals surface area contributed by atoms with Gasteiger partial charge in [0.05, 0.1) is 21.0 Å². The molecule has 0 radical (unpaired) electrons. The maximum Gasteiger partial charge on any atom is 0.269 e. The molecule has 9 heteroatoms. The number of nitro groups is 1. The van der Waals surface area contributed by atoms with Crippen LogP contribution in [0.5, 0.6) is 0 Å². The van der Waals surface area contributed by atoms with Crippen molar-refractivity contribution in [3.05, 3.63) is 68.8 Å². The molecule has 1 heterocycles. The van der Waals surface area contributed by atoms with Gasteiger partial charge in [0.15, 0.2) is 0 Å². The molecule has 1 N–H and O–H groups in total. The predicted octanol–water partition coefficient (Wildman–Crippen LogP) is 3.71. The third-order valence-electron chi connectivity index (χ3n) is 4.33. The number of terminal acetylenes is 1. The first-order valence-corrected chi connectivity index (χ1v) is 10.5. The van der Waals surface area contributed by atoms with Crippen LogP contribution in [0.25, 0.3) is 10.9 Å². The molecule has 28 heavy (non-hydrogen) atoms. The zero-order chi connectivity index (χ0) is 20.3. The highest BCUT2D eigenvalue weighted by Crippen LogP contribution is 2.28. The molecule has 0 amide bonds. The summed E-state index contributed by atoms with van der Waals surface area (Å²) in [5.41, 5.74) is 1.73. The van der Waals surface area contributed by atoms with Gasteiger partial charge < -0.3 is 4.98 Å². The first-order chi connectivity index (χ1) is 13.3. The number of aromatic nitrogens is 1. The topological polar surface area (TPSA) is 96.3 Å². The number of nitrogens with one attached hydrogen (secondary N) is 1. The number of halogens is 1. The van der Waals surface area contributed by atoms with Crippen molar-refractivity contribution < 1.29 is 13.3 Å². The molecule has 0 bridgehead atoms. The van der Waals surface area contributed by atoms with E-state index in [4.69, 9.17) is 6.42 Å². The highest BCUT2D eigenvalue weighted by atomic mass is 79.9. The molecule has 0 atom stereocenters. The maximum absolute atomic E-state index is 13.0. The third kappa shape index (κ3) is 3.94. The van der Waals surface area contributed by atoms with E-state index in [0.29, 0.717) is 6.42 Å². The fourth-order valence-electron chi connectivity index (χ4n) is 2.92. The van der Waals surface area contributed by atoms with Crippen LogP contribution in [0.4, 0.5) is 5.69 Å². The number of nitro benzene ring substituents is 1. The fourth-order valence-corrected chi connectivity index (χ4v) is 4.90. The van der Waals surface area contributed by atoms with E-state index < -0.39 is 14.9 Å². The zero-order valence-electron chi connectivity index (χ0n) is 14.6. The average Bonchev–Trinajstić information content (AvgIpc) is 3.00. The van der Waals surface area contributed by atoms with Gasteiger partial charge in [-0.2, -0.15) is 4.31 Å². The Hall–Kier alpha value is -2.67. The van der Waals surface area contributed by atoms with Gasteiger partial charge in [-0.25, -0.2) is 8.42 Å². The minimum absolute atomic E-state index is 0.0358. The average molecular weight is 462 g/mol. The van der Waals surface area contributed by atoms with E-state index >= 15 is 0 Å². The van der Waals surface area contributed by atoms with Crippen LogP contribution >= 0.6 is 15.9 Å². The summed E-state index contributed by atoms with van der Waals surface area (Å²) in [5, 5.41) is 11.8. The number of para-hydroxylation sites is 1. The van der Waals surface area contributed by atoms with Gasteiger partial charge in [-0.3, -0.25) is 10.1 Å². The van der Waals surface area contributed by atoms with E-state index in [1.807, 2.05) is 24.3 Å². The van der Waals surface area contributed by atoms with Gasteiger partial charge in [0.2, 0.25) is 10.0 Å². The normalized spacial score (nSPS) is 11.6. The maximum atomic E-state index is 13.0. The zero-order valence-corrected chi connectivity index (χ0v) is 17.0. The van der Waals surface area contributed by atoms with Crippen molar-refractivity contribution >= 4 is 42.5 Å². The van der Waals surface area contributed by atoms with Crippen LogP contribution in [0.1, 0.15) is 5.56 Å². The Morgan fingerprint density at radius 2 is 1.86 bits per heavy atom. The van der Waals surface area contributed by atoms with Crippen molar-refractivity contribution in [3.8, 4) is 12.3 Å². The van der Waals surface area contributed by atoms with Crippen LogP contribution in [0.2, 0.25) is 0 Å². The Balaban J connectivity index is 1.87. The van der Waals surface area contributed by atoms with Crippen molar-refractivity contribution in [2.45, 2.75) is 11.3 Å². The molecule has 1 aromatic heterocycles. The lowest BCUT2D eigenvalue weighted by Gasteiger charge is -2.20. The summed E-state index contributed by atoms with van der Waals surface area (Å²) in [7, 11) is -3.88. The second-order valence-corrected chi connectivity index (χ2v) is 8.74. The minimum Gasteiger partial charge on any atom is -0.349 e. The summed E-state index contributed by atoms with van der Waals surface area (Å²) in [6.07, 6.45) is 5.82. The van der Waals surface area contributed by atoms with Gasteiger partial charge in [0.1, 0.15) is 0 Å². The van der Waals surface area contributed by atoms with Crippen LogP contribution in [-0.4, -0.2) is 35.7 Å². The van der Waals surface area contributed by atoms with Crippen molar-refractivity contribution in [1.29, 1.82) is 0 Å². The fraction of sp³-hybridized carbons (Fsp3) is 0.158. The Labute approximate surface area is 170 Å². The summed E-state index contributed by atoms with van der Waals surface area (Å²) in [5.74, 6) is 2.37. The summed E-state index contributed by atoms with van der Waals surface area (Å²) < 4.78 is 27.9. The molecule has 0 unspecified atom stereocenters. The van der Waals surface area contributed by atoms with Crippen LogP contribution < -0.4 is 0 Å². The number of rotatable bonds is 7. The second kappa shape index (κ2) is 8.14. The second-order valence-electron chi connectivity index (χ2n) is 6.01. The number of non-ortho nitro benzene ring substituents is 1. The van der Waals surface area contributed by atoms with Gasteiger partial charge in [0, 0.05) is 29.6 Å². The quantitative estimate of drug-likeness (QED) is 0.329. The molecule has 0 aliphatic carbocycles. The Kier molecular flexibility index (Phi) is 5.84. The lowest BCUT2D eigenvalue weighted by atomic mass is 10.1. The molecular weight excluding hydrogens is 446 g/mol. The third-order valence-corrected chi connectivity index (χ3v) is 6.86. The van der Waals surface area contributed by atoms with Crippen LogP contribution in [0, 0.1) is 22.5 Å². The van der Waals surface area contributed by atoms with Crippen molar-refractivity contribution in [2.24, 2.45) is 0 Å². The summed E-state index contributed by atoms with van der Waals surface area (Å²) in [6.45, 7) is 0.0727. The molecule has 3 rings (SSSR count). The summed E-state index contributed by atoms with van der Waals surface area (Å²) in [4.78, 5) is 13.4. The predicted molar refractivity (Wildman–Crippen MR) is 110 cm³/mol. The number of nitrogens with zero attached hydrogens (tertiary/aromatic N) is 2. The lowest BCUT2D eigenvalue weighted by Crippen LogP contribution is -2.33. The SMILES string of the molecule is C#CCN(CCc1c(Br)[nH]c2ccccc12)S(=O)(=O)c1ccc([N+](=O)[O-])cc1. The van der Waals surface area contributed by atoms with Gasteiger partial charge in [-0.05, 0) is 46.1 Å². The molecule has 0 fully saturated rings. The van der Waals surface area contributed by atoms with Gasteiger partial charge in [-0.1, -0.05) is 24.1 Å². The molecule has 0 aliphatic rings. The smallest absolute Gasteiger partial charge is 0.269 e. The molecule has 2 aromatic carbocycles. The van der Waals surface area contributed by atoms with Crippen molar-refractivity contribution in [3.63, 3.8) is 0 Å². The highest BCUT2D eigenvalue weighted by Gasteiger charge is 2.25. The number of hydrogen-bond donors (Lipinski definition) is 1. The molecule has 7 nitrogen and oxygen atoms in total. The Morgan fingerprint density at radius 3 is 2.50 bits per heavy atom.